The number of nitrogen functional groups attached to an aromatic ring is 1. The van der Waals surface area contributed by atoms with Crippen molar-refractivity contribution in [3.05, 3.63) is 49.0 Å². The molecule has 0 fully saturated rings. The Morgan fingerprint density at radius 2 is 1.76 bits per heavy atom. The molecule has 0 aliphatic carbocycles. The predicted octanol–water partition coefficient (Wildman–Crippen LogP) is 4.63. The molecule has 0 amide bonds. The summed E-state index contributed by atoms with van der Waals surface area (Å²) in [6.45, 7) is 0. The van der Waals surface area contributed by atoms with Crippen LogP contribution >= 0.6 is 57.4 Å². The summed E-state index contributed by atoms with van der Waals surface area (Å²) >= 11 is 19.6. The third kappa shape index (κ3) is 3.68. The summed E-state index contributed by atoms with van der Waals surface area (Å²) in [5, 5.41) is 0.593. The fourth-order valence-corrected chi connectivity index (χ4v) is 4.56. The molecule has 0 aliphatic heterocycles. The van der Waals surface area contributed by atoms with Gasteiger partial charge in [0.05, 0.1) is 21.4 Å². The lowest BCUT2D eigenvalue weighted by Crippen LogP contribution is -2.15. The van der Waals surface area contributed by atoms with Crippen molar-refractivity contribution in [3.8, 4) is 0 Å². The van der Waals surface area contributed by atoms with Gasteiger partial charge in [0, 0.05) is 8.59 Å². The van der Waals surface area contributed by atoms with Crippen LogP contribution in [0.25, 0.3) is 0 Å². The van der Waals surface area contributed by atoms with Crippen LogP contribution in [0, 0.1) is 3.57 Å². The molecule has 0 aliphatic rings. The SMILES string of the molecule is Nc1c(Cl)ccc(S(=O)(=O)Nc2ccc(Cl)cc2I)c1Cl. The lowest BCUT2D eigenvalue weighted by Gasteiger charge is -2.12. The summed E-state index contributed by atoms with van der Waals surface area (Å²) in [4.78, 5) is -0.142. The zero-order valence-electron chi connectivity index (χ0n) is 10.2. The minimum atomic E-state index is -3.89. The van der Waals surface area contributed by atoms with Crippen molar-refractivity contribution in [3.63, 3.8) is 0 Å². The van der Waals surface area contributed by atoms with E-state index in [-0.39, 0.29) is 20.6 Å². The number of benzene rings is 2. The van der Waals surface area contributed by atoms with E-state index in [1.807, 2.05) is 22.6 Å². The topological polar surface area (TPSA) is 72.2 Å². The number of rotatable bonds is 3. The Morgan fingerprint density at radius 3 is 2.38 bits per heavy atom. The molecule has 21 heavy (non-hydrogen) atoms. The Labute approximate surface area is 150 Å². The van der Waals surface area contributed by atoms with Gasteiger partial charge in [-0.3, -0.25) is 4.72 Å². The van der Waals surface area contributed by atoms with E-state index in [4.69, 9.17) is 40.5 Å². The highest BCUT2D eigenvalue weighted by molar-refractivity contribution is 14.1. The normalized spacial score (nSPS) is 11.4. The van der Waals surface area contributed by atoms with Crippen LogP contribution in [0.15, 0.2) is 35.2 Å². The Bertz CT molecular complexity index is 812. The average Bonchev–Trinajstić information content (AvgIpc) is 2.39. The molecule has 3 N–H and O–H groups in total. The molecule has 9 heteroatoms. The monoisotopic (exact) mass is 476 g/mol. The molecule has 2 aromatic rings. The second-order valence-corrected chi connectivity index (χ2v) is 8.04. The standard InChI is InChI=1S/C12H8Cl3IN2O2S/c13-6-1-3-9(8(16)5-6)18-21(19,20)10-4-2-7(14)12(17)11(10)15/h1-5,18H,17H2. The molecule has 0 atom stereocenters. The Kier molecular flexibility index (Phi) is 5.15. The fraction of sp³-hybridized carbons (Fsp3) is 0. The maximum atomic E-state index is 12.4. The Balaban J connectivity index is 2.46. The van der Waals surface area contributed by atoms with Gasteiger partial charge < -0.3 is 5.73 Å². The quantitative estimate of drug-likeness (QED) is 0.500. The number of nitrogens with one attached hydrogen (secondary N) is 1. The second kappa shape index (κ2) is 6.37. The minimum absolute atomic E-state index is 0.0204. The van der Waals surface area contributed by atoms with Gasteiger partial charge in [-0.05, 0) is 52.9 Å². The third-order valence-corrected chi connectivity index (χ3v) is 5.94. The summed E-state index contributed by atoms with van der Waals surface area (Å²) in [5.74, 6) is 0. The van der Waals surface area contributed by atoms with Gasteiger partial charge >= 0.3 is 0 Å². The van der Waals surface area contributed by atoms with E-state index < -0.39 is 10.0 Å². The van der Waals surface area contributed by atoms with E-state index in [2.05, 4.69) is 4.72 Å². The number of hydrogen-bond donors (Lipinski definition) is 2. The number of nitrogens with two attached hydrogens (primary N) is 1. The number of sulfonamides is 1. The zero-order valence-corrected chi connectivity index (χ0v) is 15.4. The van der Waals surface area contributed by atoms with Gasteiger partial charge in [0.25, 0.3) is 10.0 Å². The first-order valence-electron chi connectivity index (χ1n) is 5.43. The van der Waals surface area contributed by atoms with Gasteiger partial charge in [0.15, 0.2) is 0 Å². The molecule has 2 aromatic carbocycles. The molecular weight excluding hydrogens is 469 g/mol. The number of anilines is 2. The van der Waals surface area contributed by atoms with E-state index in [9.17, 15) is 8.42 Å². The Hall–Kier alpha value is -0.410. The van der Waals surface area contributed by atoms with Gasteiger partial charge in [-0.25, -0.2) is 8.42 Å². The molecule has 0 aromatic heterocycles. The van der Waals surface area contributed by atoms with Crippen molar-refractivity contribution in [1.29, 1.82) is 0 Å². The maximum Gasteiger partial charge on any atom is 0.263 e. The third-order valence-electron chi connectivity index (χ3n) is 2.56. The maximum absolute atomic E-state index is 12.4. The van der Waals surface area contributed by atoms with E-state index in [1.54, 1.807) is 18.2 Å². The van der Waals surface area contributed by atoms with Gasteiger partial charge in [-0.2, -0.15) is 0 Å². The first-order valence-corrected chi connectivity index (χ1v) is 9.13. The van der Waals surface area contributed by atoms with Crippen molar-refractivity contribution >= 4 is 78.8 Å². The molecule has 0 bridgehead atoms. The highest BCUT2D eigenvalue weighted by Gasteiger charge is 2.21. The minimum Gasteiger partial charge on any atom is -0.396 e. The fourth-order valence-electron chi connectivity index (χ4n) is 1.53. The summed E-state index contributed by atoms with van der Waals surface area (Å²) in [5.41, 5.74) is 6.06. The molecule has 0 saturated carbocycles. The van der Waals surface area contributed by atoms with Gasteiger partial charge in [0.1, 0.15) is 4.90 Å². The summed E-state index contributed by atoms with van der Waals surface area (Å²) in [6, 6.07) is 7.46. The first kappa shape index (κ1) is 17.0. The van der Waals surface area contributed by atoms with Crippen molar-refractivity contribution in [2.24, 2.45) is 0 Å². The predicted molar refractivity (Wildman–Crippen MR) is 95.9 cm³/mol. The van der Waals surface area contributed by atoms with Crippen molar-refractivity contribution in [2.75, 3.05) is 10.5 Å². The number of halogens is 4. The van der Waals surface area contributed by atoms with Crippen LogP contribution in [0.5, 0.6) is 0 Å². The van der Waals surface area contributed by atoms with Crippen LogP contribution in [0.4, 0.5) is 11.4 Å². The van der Waals surface area contributed by atoms with Crippen molar-refractivity contribution in [1.82, 2.24) is 0 Å². The van der Waals surface area contributed by atoms with E-state index in [0.717, 1.165) is 0 Å². The van der Waals surface area contributed by atoms with Crippen LogP contribution in [0.1, 0.15) is 0 Å². The van der Waals surface area contributed by atoms with E-state index >= 15 is 0 Å². The smallest absolute Gasteiger partial charge is 0.263 e. The highest BCUT2D eigenvalue weighted by Crippen LogP contribution is 2.34. The molecule has 0 spiro atoms. The summed E-state index contributed by atoms with van der Waals surface area (Å²) < 4.78 is 27.9. The van der Waals surface area contributed by atoms with Crippen LogP contribution < -0.4 is 10.5 Å². The molecule has 0 saturated heterocycles. The molecule has 4 nitrogen and oxygen atoms in total. The van der Waals surface area contributed by atoms with Crippen molar-refractivity contribution < 1.29 is 8.42 Å². The summed E-state index contributed by atoms with van der Waals surface area (Å²) in [6.07, 6.45) is 0. The first-order chi connectivity index (χ1) is 9.72. The molecule has 0 heterocycles. The van der Waals surface area contributed by atoms with E-state index in [0.29, 0.717) is 14.3 Å². The van der Waals surface area contributed by atoms with Crippen molar-refractivity contribution in [2.45, 2.75) is 4.90 Å². The second-order valence-electron chi connectivity index (χ2n) is 4.00. The zero-order chi connectivity index (χ0) is 15.8. The highest BCUT2D eigenvalue weighted by atomic mass is 127. The van der Waals surface area contributed by atoms with Crippen LogP contribution in [-0.4, -0.2) is 8.42 Å². The van der Waals surface area contributed by atoms with Crippen LogP contribution in [0.3, 0.4) is 0 Å². The van der Waals surface area contributed by atoms with Gasteiger partial charge in [-0.15, -0.1) is 0 Å². The van der Waals surface area contributed by atoms with Gasteiger partial charge in [-0.1, -0.05) is 34.8 Å². The molecular formula is C12H8Cl3IN2O2S. The molecule has 2 rings (SSSR count). The largest absolute Gasteiger partial charge is 0.396 e. The van der Waals surface area contributed by atoms with Gasteiger partial charge in [0.2, 0.25) is 0 Å². The summed E-state index contributed by atoms with van der Waals surface area (Å²) in [7, 11) is -3.89. The number of hydrogen-bond acceptors (Lipinski definition) is 3. The molecule has 112 valence electrons. The lowest BCUT2D eigenvalue weighted by atomic mass is 10.3. The van der Waals surface area contributed by atoms with E-state index in [1.165, 1.54) is 12.1 Å². The molecule has 0 unspecified atom stereocenters. The molecule has 0 radical (unpaired) electrons. The lowest BCUT2D eigenvalue weighted by molar-refractivity contribution is 0.601. The van der Waals surface area contributed by atoms with Crippen LogP contribution in [0.2, 0.25) is 15.1 Å². The Morgan fingerprint density at radius 1 is 1.10 bits per heavy atom. The van der Waals surface area contributed by atoms with Crippen LogP contribution in [-0.2, 0) is 10.0 Å². The average molecular weight is 478 g/mol.